The molecule has 3 aromatic rings. The van der Waals surface area contributed by atoms with Gasteiger partial charge >= 0.3 is 10.1 Å². The summed E-state index contributed by atoms with van der Waals surface area (Å²) in [6.07, 6.45) is 0. The van der Waals surface area contributed by atoms with E-state index in [2.05, 4.69) is 15.9 Å². The number of aryl methyl sites for hydroxylation is 2. The smallest absolute Gasteiger partial charge is 0.339 e. The molecular formula is C20H18BrNO3S. The van der Waals surface area contributed by atoms with Crippen molar-refractivity contribution in [3.63, 3.8) is 0 Å². The lowest BCUT2D eigenvalue weighted by Gasteiger charge is -2.14. The van der Waals surface area contributed by atoms with Crippen LogP contribution in [0.2, 0.25) is 0 Å². The molecule has 0 spiro atoms. The van der Waals surface area contributed by atoms with Crippen LogP contribution in [0.25, 0.3) is 11.1 Å². The molecule has 134 valence electrons. The molecule has 0 fully saturated rings. The highest BCUT2D eigenvalue weighted by atomic mass is 79.9. The Hall–Kier alpha value is -2.31. The molecule has 0 saturated heterocycles. The van der Waals surface area contributed by atoms with Gasteiger partial charge in [0.15, 0.2) is 0 Å². The number of hydrogen-bond donors (Lipinski definition) is 1. The summed E-state index contributed by atoms with van der Waals surface area (Å²) in [5.41, 5.74) is 10.0. The molecule has 6 heteroatoms. The van der Waals surface area contributed by atoms with Gasteiger partial charge in [-0.1, -0.05) is 51.8 Å². The molecule has 0 amide bonds. The Balaban J connectivity index is 1.99. The number of hydrogen-bond acceptors (Lipinski definition) is 4. The van der Waals surface area contributed by atoms with E-state index in [-0.39, 0.29) is 10.6 Å². The topological polar surface area (TPSA) is 69.4 Å². The van der Waals surface area contributed by atoms with Crippen LogP contribution >= 0.6 is 15.9 Å². The summed E-state index contributed by atoms with van der Waals surface area (Å²) in [6, 6.07) is 17.6. The minimum Gasteiger partial charge on any atom is -0.398 e. The van der Waals surface area contributed by atoms with Crippen LogP contribution in [0.15, 0.2) is 70.0 Å². The van der Waals surface area contributed by atoms with Crippen LogP contribution in [-0.2, 0) is 10.1 Å². The Bertz CT molecular complexity index is 1060. The number of nitrogen functional groups attached to an aromatic ring is 1. The third-order valence-corrected chi connectivity index (χ3v) is 5.96. The predicted molar refractivity (Wildman–Crippen MR) is 108 cm³/mol. The molecule has 0 saturated carbocycles. The van der Waals surface area contributed by atoms with Gasteiger partial charge in [0.1, 0.15) is 10.6 Å². The third-order valence-electron chi connectivity index (χ3n) is 4.02. The highest BCUT2D eigenvalue weighted by molar-refractivity contribution is 9.10. The summed E-state index contributed by atoms with van der Waals surface area (Å²) < 4.78 is 31.3. The lowest BCUT2D eigenvalue weighted by atomic mass is 10.0. The summed E-state index contributed by atoms with van der Waals surface area (Å²) in [6.45, 7) is 3.68. The molecule has 0 unspecified atom stereocenters. The van der Waals surface area contributed by atoms with Gasteiger partial charge < -0.3 is 9.92 Å². The van der Waals surface area contributed by atoms with Crippen molar-refractivity contribution in [1.82, 2.24) is 0 Å². The van der Waals surface area contributed by atoms with Crippen molar-refractivity contribution < 1.29 is 12.6 Å². The standard InChI is InChI=1S/C20H18BrNO3S/c1-13-7-9-15(10-8-13)26(23,24)25-20-12-19(22)17(11-14(20)2)16-5-3-4-6-18(16)21/h3-12H,22H2,1-2H3. The second-order valence-corrected chi connectivity index (χ2v) is 8.44. The second kappa shape index (κ2) is 7.13. The number of rotatable bonds is 4. The molecule has 0 radical (unpaired) electrons. The fourth-order valence-electron chi connectivity index (χ4n) is 2.58. The maximum absolute atomic E-state index is 12.5. The first-order valence-corrected chi connectivity index (χ1v) is 10.1. The third kappa shape index (κ3) is 3.76. The van der Waals surface area contributed by atoms with Crippen LogP contribution in [0.4, 0.5) is 5.69 Å². The molecule has 0 aliphatic heterocycles. The second-order valence-electron chi connectivity index (χ2n) is 6.04. The summed E-state index contributed by atoms with van der Waals surface area (Å²) in [7, 11) is -3.92. The Morgan fingerprint density at radius 3 is 2.23 bits per heavy atom. The maximum Gasteiger partial charge on any atom is 0.339 e. The lowest BCUT2D eigenvalue weighted by molar-refractivity contribution is 0.484. The average Bonchev–Trinajstić information content (AvgIpc) is 2.59. The fraction of sp³-hybridized carbons (Fsp3) is 0.100. The molecule has 4 nitrogen and oxygen atoms in total. The highest BCUT2D eigenvalue weighted by Crippen LogP contribution is 2.36. The minimum atomic E-state index is -3.92. The number of benzene rings is 3. The Morgan fingerprint density at radius 2 is 1.58 bits per heavy atom. The Labute approximate surface area is 161 Å². The van der Waals surface area contributed by atoms with E-state index in [1.54, 1.807) is 25.1 Å². The predicted octanol–water partition coefficient (Wildman–Crippen LogP) is 5.08. The van der Waals surface area contributed by atoms with E-state index in [0.717, 1.165) is 21.2 Å². The van der Waals surface area contributed by atoms with E-state index in [0.29, 0.717) is 11.3 Å². The molecule has 0 atom stereocenters. The summed E-state index contributed by atoms with van der Waals surface area (Å²) >= 11 is 3.51. The Kier molecular flexibility index (Phi) is 5.07. The monoisotopic (exact) mass is 431 g/mol. The molecule has 2 N–H and O–H groups in total. The van der Waals surface area contributed by atoms with Gasteiger partial charge in [-0.3, -0.25) is 0 Å². The molecule has 26 heavy (non-hydrogen) atoms. The maximum atomic E-state index is 12.5. The van der Waals surface area contributed by atoms with E-state index >= 15 is 0 Å². The van der Waals surface area contributed by atoms with E-state index in [1.165, 1.54) is 12.1 Å². The number of nitrogens with two attached hydrogens (primary N) is 1. The molecule has 0 aliphatic carbocycles. The van der Waals surface area contributed by atoms with Crippen LogP contribution < -0.4 is 9.92 Å². The van der Waals surface area contributed by atoms with Crippen LogP contribution in [0.3, 0.4) is 0 Å². The van der Waals surface area contributed by atoms with Gasteiger partial charge in [-0.05, 0) is 49.2 Å². The molecule has 3 rings (SSSR count). The largest absolute Gasteiger partial charge is 0.398 e. The van der Waals surface area contributed by atoms with Crippen molar-refractivity contribution in [3.8, 4) is 16.9 Å². The first-order valence-electron chi connectivity index (χ1n) is 7.94. The van der Waals surface area contributed by atoms with Crippen molar-refractivity contribution in [3.05, 3.63) is 76.3 Å². The quantitative estimate of drug-likeness (QED) is 0.461. The molecule has 3 aromatic carbocycles. The van der Waals surface area contributed by atoms with Crippen LogP contribution in [0, 0.1) is 13.8 Å². The van der Waals surface area contributed by atoms with Crippen LogP contribution in [0.1, 0.15) is 11.1 Å². The fourth-order valence-corrected chi connectivity index (χ4v) is 4.06. The van der Waals surface area contributed by atoms with E-state index in [4.69, 9.17) is 9.92 Å². The zero-order valence-electron chi connectivity index (χ0n) is 14.4. The normalized spacial score (nSPS) is 11.3. The van der Waals surface area contributed by atoms with Crippen molar-refractivity contribution in [2.24, 2.45) is 0 Å². The van der Waals surface area contributed by atoms with Gasteiger partial charge in [-0.25, -0.2) is 0 Å². The van der Waals surface area contributed by atoms with Crippen LogP contribution in [-0.4, -0.2) is 8.42 Å². The number of halogens is 1. The average molecular weight is 432 g/mol. The minimum absolute atomic E-state index is 0.107. The molecule has 0 heterocycles. The molecule has 0 bridgehead atoms. The molecular weight excluding hydrogens is 414 g/mol. The lowest BCUT2D eigenvalue weighted by Crippen LogP contribution is -2.11. The summed E-state index contributed by atoms with van der Waals surface area (Å²) in [4.78, 5) is 0.107. The van der Waals surface area contributed by atoms with Gasteiger partial charge in [0.2, 0.25) is 0 Å². The van der Waals surface area contributed by atoms with Gasteiger partial charge in [0, 0.05) is 21.8 Å². The highest BCUT2D eigenvalue weighted by Gasteiger charge is 2.19. The van der Waals surface area contributed by atoms with Crippen molar-refractivity contribution in [2.75, 3.05) is 5.73 Å². The first kappa shape index (κ1) is 18.5. The summed E-state index contributed by atoms with van der Waals surface area (Å²) in [5.74, 6) is 0.221. The number of anilines is 1. The SMILES string of the molecule is Cc1ccc(S(=O)(=O)Oc2cc(N)c(-c3ccccc3Br)cc2C)cc1. The van der Waals surface area contributed by atoms with Crippen molar-refractivity contribution in [1.29, 1.82) is 0 Å². The first-order chi connectivity index (χ1) is 12.3. The zero-order chi connectivity index (χ0) is 18.9. The van der Waals surface area contributed by atoms with E-state index in [1.807, 2.05) is 37.3 Å². The van der Waals surface area contributed by atoms with E-state index < -0.39 is 10.1 Å². The molecule has 0 aromatic heterocycles. The van der Waals surface area contributed by atoms with Gasteiger partial charge in [-0.15, -0.1) is 0 Å². The Morgan fingerprint density at radius 1 is 0.923 bits per heavy atom. The van der Waals surface area contributed by atoms with Gasteiger partial charge in [0.05, 0.1) is 0 Å². The van der Waals surface area contributed by atoms with Crippen molar-refractivity contribution >= 4 is 31.7 Å². The van der Waals surface area contributed by atoms with Crippen molar-refractivity contribution in [2.45, 2.75) is 18.7 Å². The summed E-state index contributed by atoms with van der Waals surface area (Å²) in [5, 5.41) is 0. The molecule has 0 aliphatic rings. The zero-order valence-corrected chi connectivity index (χ0v) is 16.8. The van der Waals surface area contributed by atoms with Gasteiger partial charge in [-0.2, -0.15) is 8.42 Å². The van der Waals surface area contributed by atoms with Crippen LogP contribution in [0.5, 0.6) is 5.75 Å². The van der Waals surface area contributed by atoms with Gasteiger partial charge in [0.25, 0.3) is 0 Å². The van der Waals surface area contributed by atoms with E-state index in [9.17, 15) is 8.42 Å².